The first-order valence-corrected chi connectivity index (χ1v) is 11.5. The fourth-order valence-electron chi connectivity index (χ4n) is 4.16. The van der Waals surface area contributed by atoms with E-state index in [1.807, 2.05) is 73.3 Å². The third-order valence-corrected chi connectivity index (χ3v) is 5.95. The van der Waals surface area contributed by atoms with Crippen molar-refractivity contribution >= 4 is 23.0 Å². The van der Waals surface area contributed by atoms with E-state index in [4.69, 9.17) is 21.4 Å². The molecule has 0 bridgehead atoms. The maximum Gasteiger partial charge on any atom is 0.174 e. The number of hydrogen-bond donors (Lipinski definition) is 1. The molecule has 1 N–H and O–H groups in total. The van der Waals surface area contributed by atoms with Crippen molar-refractivity contribution in [3.63, 3.8) is 0 Å². The van der Waals surface area contributed by atoms with Crippen molar-refractivity contribution in [3.8, 4) is 17.1 Å². The summed E-state index contributed by atoms with van der Waals surface area (Å²) in [7, 11) is 0. The van der Waals surface area contributed by atoms with Crippen molar-refractivity contribution in [2.45, 2.75) is 32.0 Å². The molecular formula is C27H24FN3O2S. The molecule has 0 spiro atoms. The highest BCUT2D eigenvalue weighted by Crippen LogP contribution is 2.43. The molecule has 1 fully saturated rings. The van der Waals surface area contributed by atoms with Gasteiger partial charge in [0.05, 0.1) is 17.8 Å². The first kappa shape index (κ1) is 22.1. The number of hydrogen-bond acceptors (Lipinski definition) is 4. The van der Waals surface area contributed by atoms with Crippen molar-refractivity contribution in [2.24, 2.45) is 0 Å². The van der Waals surface area contributed by atoms with Crippen molar-refractivity contribution in [1.82, 2.24) is 10.3 Å². The van der Waals surface area contributed by atoms with Crippen LogP contribution in [-0.2, 0) is 0 Å². The molecule has 5 nitrogen and oxygen atoms in total. The molecule has 3 heterocycles. The summed E-state index contributed by atoms with van der Waals surface area (Å²) in [5.41, 5.74) is 2.57. The molecule has 2 aromatic heterocycles. The predicted molar refractivity (Wildman–Crippen MR) is 134 cm³/mol. The minimum absolute atomic E-state index is 0.0923. The second kappa shape index (κ2) is 9.27. The van der Waals surface area contributed by atoms with Crippen LogP contribution in [0.3, 0.4) is 0 Å². The Hall–Kier alpha value is -3.71. The third kappa shape index (κ3) is 4.39. The molecule has 172 valence electrons. The van der Waals surface area contributed by atoms with Crippen LogP contribution >= 0.6 is 12.2 Å². The molecule has 1 saturated heterocycles. The highest BCUT2D eigenvalue weighted by molar-refractivity contribution is 7.80. The molecular weight excluding hydrogens is 449 g/mol. The van der Waals surface area contributed by atoms with E-state index in [1.165, 1.54) is 12.1 Å². The number of thiocarbonyl (C=S) groups is 1. The molecule has 0 radical (unpaired) electrons. The average molecular weight is 474 g/mol. The monoisotopic (exact) mass is 473 g/mol. The maximum absolute atomic E-state index is 13.4. The van der Waals surface area contributed by atoms with Gasteiger partial charge in [0.25, 0.3) is 0 Å². The van der Waals surface area contributed by atoms with Gasteiger partial charge >= 0.3 is 0 Å². The van der Waals surface area contributed by atoms with Crippen LogP contribution in [0.15, 0.2) is 89.5 Å². The molecule has 0 unspecified atom stereocenters. The van der Waals surface area contributed by atoms with Gasteiger partial charge in [0, 0.05) is 17.4 Å². The summed E-state index contributed by atoms with van der Waals surface area (Å²) in [5.74, 6) is 1.90. The lowest BCUT2D eigenvalue weighted by Crippen LogP contribution is -2.29. The summed E-state index contributed by atoms with van der Waals surface area (Å²) in [4.78, 5) is 6.61. The largest absolute Gasteiger partial charge is 0.491 e. The molecule has 34 heavy (non-hydrogen) atoms. The number of furan rings is 1. The number of aromatic nitrogens is 1. The van der Waals surface area contributed by atoms with Gasteiger partial charge in [-0.1, -0.05) is 6.07 Å². The molecule has 0 saturated carbocycles. The standard InChI is InChI=1S/C27H24FN3O2S/c1-17(2)32-21-12-10-20(11-13-21)31-26(25(30-27(31)34)22-5-3-4-16-29-22)24-15-14-23(33-24)18-6-8-19(28)9-7-18/h3-17,25-26H,1-2H3,(H,30,34)/t25-,26+/m0/s1. The summed E-state index contributed by atoms with van der Waals surface area (Å²) >= 11 is 5.77. The lowest BCUT2D eigenvalue weighted by atomic mass is 10.0. The van der Waals surface area contributed by atoms with Crippen LogP contribution in [-0.4, -0.2) is 16.2 Å². The Labute approximate surface area is 203 Å². The van der Waals surface area contributed by atoms with E-state index in [2.05, 4.69) is 10.3 Å². The van der Waals surface area contributed by atoms with Gasteiger partial charge in [-0.3, -0.25) is 4.98 Å². The zero-order valence-corrected chi connectivity index (χ0v) is 19.6. The zero-order valence-electron chi connectivity index (χ0n) is 18.8. The summed E-state index contributed by atoms with van der Waals surface area (Å²) in [6.45, 7) is 3.99. The Morgan fingerprint density at radius 2 is 1.76 bits per heavy atom. The third-order valence-electron chi connectivity index (χ3n) is 5.63. The number of ether oxygens (including phenoxy) is 1. The Morgan fingerprint density at radius 1 is 1.00 bits per heavy atom. The maximum atomic E-state index is 13.4. The second-order valence-electron chi connectivity index (χ2n) is 8.37. The van der Waals surface area contributed by atoms with Gasteiger partial charge < -0.3 is 19.4 Å². The number of rotatable bonds is 6. The van der Waals surface area contributed by atoms with E-state index in [0.717, 1.165) is 28.5 Å². The van der Waals surface area contributed by atoms with Gasteiger partial charge in [-0.25, -0.2) is 4.39 Å². The summed E-state index contributed by atoms with van der Waals surface area (Å²) < 4.78 is 25.5. The van der Waals surface area contributed by atoms with Gasteiger partial charge in [-0.15, -0.1) is 0 Å². The molecule has 0 aliphatic carbocycles. The molecule has 7 heteroatoms. The Morgan fingerprint density at radius 3 is 2.44 bits per heavy atom. The average Bonchev–Trinajstić information content (AvgIpc) is 3.45. The van der Waals surface area contributed by atoms with Crippen LogP contribution in [0, 0.1) is 5.82 Å². The SMILES string of the molecule is CC(C)Oc1ccc(N2C(=S)N[C@@H](c3ccccn3)[C@H]2c2ccc(-c3ccc(F)cc3)o2)cc1. The van der Waals surface area contributed by atoms with Crippen LogP contribution in [0.25, 0.3) is 11.3 Å². The Bertz CT molecular complexity index is 1270. The number of nitrogens with zero attached hydrogens (tertiary/aromatic N) is 2. The topological polar surface area (TPSA) is 50.5 Å². The molecule has 2 aromatic carbocycles. The minimum atomic E-state index is -0.285. The highest BCUT2D eigenvalue weighted by atomic mass is 32.1. The number of nitrogens with one attached hydrogen (secondary N) is 1. The van der Waals surface area contributed by atoms with Gasteiger partial charge in [0.2, 0.25) is 0 Å². The van der Waals surface area contributed by atoms with Crippen LogP contribution < -0.4 is 15.0 Å². The predicted octanol–water partition coefficient (Wildman–Crippen LogP) is 6.45. The first-order chi connectivity index (χ1) is 16.5. The minimum Gasteiger partial charge on any atom is -0.491 e. The lowest BCUT2D eigenvalue weighted by Gasteiger charge is -2.26. The van der Waals surface area contributed by atoms with Crippen molar-refractivity contribution < 1.29 is 13.5 Å². The molecule has 2 atom stereocenters. The van der Waals surface area contributed by atoms with Crippen LogP contribution in [0.4, 0.5) is 10.1 Å². The van der Waals surface area contributed by atoms with E-state index in [9.17, 15) is 4.39 Å². The van der Waals surface area contributed by atoms with Crippen LogP contribution in [0.2, 0.25) is 0 Å². The van der Waals surface area contributed by atoms with E-state index >= 15 is 0 Å². The molecule has 1 aliphatic rings. The zero-order chi connectivity index (χ0) is 23.7. The Balaban J connectivity index is 1.54. The van der Waals surface area contributed by atoms with E-state index in [-0.39, 0.29) is 24.0 Å². The van der Waals surface area contributed by atoms with Gasteiger partial charge in [-0.05, 0) is 98.9 Å². The van der Waals surface area contributed by atoms with Crippen molar-refractivity contribution in [1.29, 1.82) is 0 Å². The van der Waals surface area contributed by atoms with Crippen LogP contribution in [0.5, 0.6) is 5.75 Å². The van der Waals surface area contributed by atoms with Crippen LogP contribution in [0.1, 0.15) is 37.4 Å². The number of halogens is 1. The molecule has 4 aromatic rings. The fourth-order valence-corrected chi connectivity index (χ4v) is 4.51. The lowest BCUT2D eigenvalue weighted by molar-refractivity contribution is 0.242. The fraction of sp³-hybridized carbons (Fsp3) is 0.185. The van der Waals surface area contributed by atoms with Gasteiger partial charge in [0.1, 0.15) is 29.1 Å². The first-order valence-electron chi connectivity index (χ1n) is 11.1. The van der Waals surface area contributed by atoms with Gasteiger partial charge in [-0.2, -0.15) is 0 Å². The number of benzene rings is 2. The Kier molecular flexibility index (Phi) is 6.02. The molecule has 5 rings (SSSR count). The summed E-state index contributed by atoms with van der Waals surface area (Å²) in [6.07, 6.45) is 1.86. The molecule has 1 aliphatic heterocycles. The smallest absolute Gasteiger partial charge is 0.174 e. The highest BCUT2D eigenvalue weighted by Gasteiger charge is 2.42. The number of anilines is 1. The van der Waals surface area contributed by atoms with Crippen molar-refractivity contribution in [3.05, 3.63) is 102 Å². The summed E-state index contributed by atoms with van der Waals surface area (Å²) in [6, 6.07) is 23.3. The summed E-state index contributed by atoms with van der Waals surface area (Å²) in [5, 5.41) is 4.01. The van der Waals surface area contributed by atoms with E-state index < -0.39 is 0 Å². The molecule has 0 amide bonds. The quantitative estimate of drug-likeness (QED) is 0.325. The van der Waals surface area contributed by atoms with Gasteiger partial charge in [0.15, 0.2) is 5.11 Å². The van der Waals surface area contributed by atoms with Crippen molar-refractivity contribution in [2.75, 3.05) is 4.90 Å². The second-order valence-corrected chi connectivity index (χ2v) is 8.75. The van der Waals surface area contributed by atoms with E-state index in [1.54, 1.807) is 18.3 Å². The number of pyridine rings is 1. The normalized spacial score (nSPS) is 17.8. The van der Waals surface area contributed by atoms with E-state index in [0.29, 0.717) is 10.9 Å².